The molecule has 5 heteroatoms. The maximum absolute atomic E-state index is 13.1. The van der Waals surface area contributed by atoms with Gasteiger partial charge in [0.2, 0.25) is 0 Å². The molecule has 0 saturated carbocycles. The Bertz CT molecular complexity index is 623. The van der Waals surface area contributed by atoms with E-state index in [1.165, 1.54) is 5.56 Å². The summed E-state index contributed by atoms with van der Waals surface area (Å²) in [4.78, 5) is 17.2. The average Bonchev–Trinajstić information content (AvgIpc) is 2.67. The molecule has 1 aromatic rings. The monoisotopic (exact) mass is 373 g/mol. The van der Waals surface area contributed by atoms with Crippen LogP contribution in [0.15, 0.2) is 24.3 Å². The fraction of sp³-hybridized carbons (Fsp3) is 0.682. The largest absolute Gasteiger partial charge is 0.379 e. The minimum atomic E-state index is -1.23. The number of amides is 1. The molecule has 150 valence electrons. The van der Waals surface area contributed by atoms with Gasteiger partial charge in [-0.05, 0) is 62.9 Å². The van der Waals surface area contributed by atoms with Crippen LogP contribution in [0, 0.1) is 0 Å². The molecule has 1 atom stereocenters. The Morgan fingerprint density at radius 3 is 2.44 bits per heavy atom. The Kier molecular flexibility index (Phi) is 6.56. The van der Waals surface area contributed by atoms with Crippen molar-refractivity contribution in [1.82, 2.24) is 15.1 Å². The summed E-state index contributed by atoms with van der Waals surface area (Å²) in [7, 11) is 2.00. The molecule has 2 aliphatic rings. The van der Waals surface area contributed by atoms with E-state index >= 15 is 0 Å². The van der Waals surface area contributed by atoms with Crippen molar-refractivity contribution >= 4 is 5.91 Å². The summed E-state index contributed by atoms with van der Waals surface area (Å²) in [5.74, 6) is 0.408. The number of hydrogen-bond acceptors (Lipinski definition) is 4. The highest BCUT2D eigenvalue weighted by molar-refractivity contribution is 5.86. The normalized spacial score (nSPS) is 25.4. The number of likely N-dealkylation sites (tertiary alicyclic amines) is 2. The number of nitrogens with one attached hydrogen (secondary N) is 1. The van der Waals surface area contributed by atoms with Gasteiger partial charge >= 0.3 is 0 Å². The third kappa shape index (κ3) is 4.89. The van der Waals surface area contributed by atoms with E-state index in [9.17, 15) is 9.90 Å². The molecule has 2 saturated heterocycles. The van der Waals surface area contributed by atoms with Gasteiger partial charge in [0.15, 0.2) is 5.60 Å². The summed E-state index contributed by atoms with van der Waals surface area (Å²) in [5.41, 5.74) is 1.21. The third-order valence-electron chi connectivity index (χ3n) is 6.20. The molecule has 0 spiro atoms. The van der Waals surface area contributed by atoms with Crippen molar-refractivity contribution in [3.63, 3.8) is 0 Å². The molecule has 2 fully saturated rings. The van der Waals surface area contributed by atoms with Crippen LogP contribution in [0.4, 0.5) is 0 Å². The van der Waals surface area contributed by atoms with Gasteiger partial charge in [-0.25, -0.2) is 0 Å². The van der Waals surface area contributed by atoms with Crippen molar-refractivity contribution < 1.29 is 9.90 Å². The van der Waals surface area contributed by atoms with Gasteiger partial charge in [-0.3, -0.25) is 9.69 Å². The number of nitrogens with zero attached hydrogens (tertiary/aromatic N) is 2. The highest BCUT2D eigenvalue weighted by Crippen LogP contribution is 2.27. The number of rotatable bonds is 6. The quantitative estimate of drug-likeness (QED) is 0.804. The molecule has 1 unspecified atom stereocenters. The summed E-state index contributed by atoms with van der Waals surface area (Å²) in [6, 6.07) is 9.07. The van der Waals surface area contributed by atoms with Crippen molar-refractivity contribution in [2.75, 3.05) is 33.2 Å². The molecule has 1 amide bonds. The van der Waals surface area contributed by atoms with E-state index in [4.69, 9.17) is 0 Å². The van der Waals surface area contributed by atoms with Gasteiger partial charge < -0.3 is 15.3 Å². The van der Waals surface area contributed by atoms with Crippen molar-refractivity contribution in [2.45, 2.75) is 63.6 Å². The molecule has 1 aromatic carbocycles. The van der Waals surface area contributed by atoms with E-state index in [0.717, 1.165) is 44.5 Å². The standard InChI is InChI=1S/C22H35N3O2/c1-17(2)19-7-5-18(6-8-19)15-25-12-4-11-22(27,21(25)26)16-24-13-9-20(23-3)10-14-24/h5-8,17,20,23,27H,4,9-16H2,1-3H3. The van der Waals surface area contributed by atoms with E-state index in [0.29, 0.717) is 31.5 Å². The predicted molar refractivity (Wildman–Crippen MR) is 109 cm³/mol. The molecule has 2 heterocycles. The maximum Gasteiger partial charge on any atom is 0.256 e. The summed E-state index contributed by atoms with van der Waals surface area (Å²) < 4.78 is 0. The predicted octanol–water partition coefficient (Wildman–Crippen LogP) is 2.35. The zero-order chi connectivity index (χ0) is 19.4. The molecule has 27 heavy (non-hydrogen) atoms. The molecule has 2 aliphatic heterocycles. The Morgan fingerprint density at radius 2 is 1.85 bits per heavy atom. The third-order valence-corrected chi connectivity index (χ3v) is 6.20. The maximum atomic E-state index is 13.1. The van der Waals surface area contributed by atoms with E-state index in [2.05, 4.69) is 48.3 Å². The smallest absolute Gasteiger partial charge is 0.256 e. The van der Waals surface area contributed by atoms with E-state index in [1.807, 2.05) is 11.9 Å². The highest BCUT2D eigenvalue weighted by Gasteiger charge is 2.43. The summed E-state index contributed by atoms with van der Waals surface area (Å²) in [6.07, 6.45) is 3.58. The zero-order valence-corrected chi connectivity index (χ0v) is 17.1. The second-order valence-electron chi connectivity index (χ2n) is 8.60. The lowest BCUT2D eigenvalue weighted by molar-refractivity contribution is -0.160. The first-order valence-corrected chi connectivity index (χ1v) is 10.4. The van der Waals surface area contributed by atoms with Crippen LogP contribution in [-0.2, 0) is 11.3 Å². The molecular formula is C22H35N3O2. The summed E-state index contributed by atoms with van der Waals surface area (Å²) >= 11 is 0. The van der Waals surface area contributed by atoms with Crippen LogP contribution in [0.1, 0.15) is 56.6 Å². The SMILES string of the molecule is CNC1CCN(CC2(O)CCCN(Cc3ccc(C(C)C)cc3)C2=O)CC1. The average molecular weight is 374 g/mol. The Balaban J connectivity index is 1.60. The van der Waals surface area contributed by atoms with Crippen LogP contribution in [0.2, 0.25) is 0 Å². The summed E-state index contributed by atoms with van der Waals surface area (Å²) in [5, 5.41) is 14.5. The molecule has 2 N–H and O–H groups in total. The Hall–Kier alpha value is -1.43. The van der Waals surface area contributed by atoms with Crippen molar-refractivity contribution in [3.8, 4) is 0 Å². The highest BCUT2D eigenvalue weighted by atomic mass is 16.3. The van der Waals surface area contributed by atoms with Gasteiger partial charge in [-0.1, -0.05) is 38.1 Å². The van der Waals surface area contributed by atoms with Crippen LogP contribution in [0.5, 0.6) is 0 Å². The van der Waals surface area contributed by atoms with Crippen molar-refractivity contribution in [1.29, 1.82) is 0 Å². The van der Waals surface area contributed by atoms with Crippen LogP contribution in [0.3, 0.4) is 0 Å². The molecule has 5 nitrogen and oxygen atoms in total. The molecular weight excluding hydrogens is 338 g/mol. The molecule has 0 aliphatic carbocycles. The van der Waals surface area contributed by atoms with Crippen molar-refractivity contribution in [3.05, 3.63) is 35.4 Å². The topological polar surface area (TPSA) is 55.8 Å². The first kappa shape index (κ1) is 20.3. The first-order valence-electron chi connectivity index (χ1n) is 10.4. The van der Waals surface area contributed by atoms with Crippen LogP contribution in [-0.4, -0.2) is 65.7 Å². The lowest BCUT2D eigenvalue weighted by Gasteiger charge is -2.42. The zero-order valence-electron chi connectivity index (χ0n) is 17.1. The number of benzene rings is 1. The first-order chi connectivity index (χ1) is 12.9. The number of hydrogen-bond donors (Lipinski definition) is 2. The molecule has 0 bridgehead atoms. The van der Waals surface area contributed by atoms with Crippen LogP contribution in [0.25, 0.3) is 0 Å². The fourth-order valence-corrected chi connectivity index (χ4v) is 4.34. The van der Waals surface area contributed by atoms with Crippen LogP contribution >= 0.6 is 0 Å². The number of carbonyl (C=O) groups is 1. The van der Waals surface area contributed by atoms with Crippen molar-refractivity contribution in [2.24, 2.45) is 0 Å². The van der Waals surface area contributed by atoms with E-state index in [-0.39, 0.29) is 5.91 Å². The number of aliphatic hydroxyl groups is 1. The fourth-order valence-electron chi connectivity index (χ4n) is 4.34. The number of carbonyl (C=O) groups excluding carboxylic acids is 1. The Labute approximate surface area is 163 Å². The number of β-amino-alcohol motifs (C(OH)–C–C–N with tert-alkyl or cyclic N) is 1. The van der Waals surface area contributed by atoms with E-state index < -0.39 is 5.60 Å². The lowest BCUT2D eigenvalue weighted by atomic mass is 9.89. The summed E-state index contributed by atoms with van der Waals surface area (Å²) in [6.45, 7) is 8.03. The Morgan fingerprint density at radius 1 is 1.19 bits per heavy atom. The lowest BCUT2D eigenvalue weighted by Crippen LogP contribution is -2.59. The van der Waals surface area contributed by atoms with Gasteiger partial charge in [0, 0.05) is 25.7 Å². The second kappa shape index (κ2) is 8.72. The minimum absolute atomic E-state index is 0.0996. The molecule has 0 radical (unpaired) electrons. The molecule has 0 aromatic heterocycles. The molecule has 3 rings (SSSR count). The van der Waals surface area contributed by atoms with E-state index in [1.54, 1.807) is 0 Å². The van der Waals surface area contributed by atoms with Gasteiger partial charge in [0.05, 0.1) is 0 Å². The number of piperidine rings is 2. The second-order valence-corrected chi connectivity index (χ2v) is 8.60. The minimum Gasteiger partial charge on any atom is -0.379 e. The van der Waals surface area contributed by atoms with Crippen LogP contribution < -0.4 is 5.32 Å². The van der Waals surface area contributed by atoms with Gasteiger partial charge in [-0.2, -0.15) is 0 Å². The van der Waals surface area contributed by atoms with Gasteiger partial charge in [-0.15, -0.1) is 0 Å². The van der Waals surface area contributed by atoms with Gasteiger partial charge in [0.25, 0.3) is 5.91 Å². The van der Waals surface area contributed by atoms with Gasteiger partial charge in [0.1, 0.15) is 0 Å².